The zero-order chi connectivity index (χ0) is 15.7. The number of rotatable bonds is 2. The van der Waals surface area contributed by atoms with Gasteiger partial charge in [0.1, 0.15) is 10.9 Å². The predicted octanol–water partition coefficient (Wildman–Crippen LogP) is 2.26. The summed E-state index contributed by atoms with van der Waals surface area (Å²) in [6, 6.07) is 0. The number of hydrogen-bond acceptors (Lipinski definition) is 4. The zero-order valence-electron chi connectivity index (χ0n) is 12.7. The third-order valence-corrected chi connectivity index (χ3v) is 3.68. The average Bonchev–Trinajstić information content (AvgIpc) is 2.56. The molecule has 20 heavy (non-hydrogen) atoms. The third-order valence-electron chi connectivity index (χ3n) is 3.31. The number of carbonyl (C=O) groups excluding carboxylic acids is 1. The first kappa shape index (κ1) is 16.7. The van der Waals surface area contributed by atoms with Crippen molar-refractivity contribution in [2.24, 2.45) is 10.4 Å². The Kier molecular flexibility index (Phi) is 5.00. The molecule has 0 saturated heterocycles. The van der Waals surface area contributed by atoms with Crippen LogP contribution in [0, 0.1) is 5.41 Å². The Morgan fingerprint density at radius 2 is 2.05 bits per heavy atom. The molecule has 1 aliphatic rings. The summed E-state index contributed by atoms with van der Waals surface area (Å²) in [5.74, 6) is -0.203. The number of halogens is 1. The summed E-state index contributed by atoms with van der Waals surface area (Å²) in [5, 5.41) is 10.0. The summed E-state index contributed by atoms with van der Waals surface area (Å²) >= 11 is 5.91. The molecule has 1 rings (SSSR count). The quantitative estimate of drug-likeness (QED) is 0.628. The molecule has 0 aromatic heterocycles. The van der Waals surface area contributed by atoms with Gasteiger partial charge in [-0.15, -0.1) is 0 Å². The molecule has 0 spiro atoms. The molecule has 0 radical (unpaired) electrons. The van der Waals surface area contributed by atoms with Gasteiger partial charge in [0.25, 0.3) is 5.91 Å². The second-order valence-corrected chi connectivity index (χ2v) is 6.00. The Labute approximate surface area is 124 Å². The molecule has 5 nitrogen and oxygen atoms in total. The maximum absolute atomic E-state index is 12.2. The summed E-state index contributed by atoms with van der Waals surface area (Å²) in [7, 11) is 2.89. The molecule has 1 amide bonds. The Bertz CT molecular complexity index is 501. The SMILES string of the molecule is C/N=C(\C=C(/C)C(C)(C)C)N1C(=O)C(OC)=C(Cl)C1O. The first-order valence-corrected chi connectivity index (χ1v) is 6.63. The molecule has 1 heterocycles. The van der Waals surface area contributed by atoms with Crippen LogP contribution in [0.3, 0.4) is 0 Å². The van der Waals surface area contributed by atoms with Gasteiger partial charge in [0.15, 0.2) is 6.23 Å². The molecule has 6 heteroatoms. The van der Waals surface area contributed by atoms with Gasteiger partial charge < -0.3 is 9.84 Å². The number of aliphatic imine (C=N–C) groups is 1. The number of hydrogen-bond donors (Lipinski definition) is 1. The van der Waals surface area contributed by atoms with Crippen LogP contribution in [0.15, 0.2) is 27.4 Å². The highest BCUT2D eigenvalue weighted by Gasteiger charge is 2.41. The fraction of sp³-hybridized carbons (Fsp3) is 0.571. The average molecular weight is 301 g/mol. The molecule has 1 N–H and O–H groups in total. The fourth-order valence-corrected chi connectivity index (χ4v) is 1.87. The normalized spacial score (nSPS) is 21.9. The Morgan fingerprint density at radius 1 is 1.50 bits per heavy atom. The minimum Gasteiger partial charge on any atom is -0.490 e. The van der Waals surface area contributed by atoms with Crippen LogP contribution in [0.2, 0.25) is 0 Å². The summed E-state index contributed by atoms with van der Waals surface area (Å²) < 4.78 is 4.92. The largest absolute Gasteiger partial charge is 0.490 e. The number of ether oxygens (including phenoxy) is 1. The summed E-state index contributed by atoms with van der Waals surface area (Å²) in [5.41, 5.74) is 0.963. The van der Waals surface area contributed by atoms with Gasteiger partial charge in [0, 0.05) is 7.05 Å². The highest BCUT2D eigenvalue weighted by atomic mass is 35.5. The van der Waals surface area contributed by atoms with Crippen LogP contribution in [0.25, 0.3) is 0 Å². The highest BCUT2D eigenvalue weighted by molar-refractivity contribution is 6.34. The van der Waals surface area contributed by atoms with Gasteiger partial charge in [-0.3, -0.25) is 14.7 Å². The predicted molar refractivity (Wildman–Crippen MR) is 79.3 cm³/mol. The number of nitrogens with zero attached hydrogens (tertiary/aromatic N) is 2. The maximum atomic E-state index is 12.2. The Balaban J connectivity index is 3.16. The van der Waals surface area contributed by atoms with Crippen LogP contribution in [0.4, 0.5) is 0 Å². The molecular weight excluding hydrogens is 280 g/mol. The topological polar surface area (TPSA) is 62.1 Å². The highest BCUT2D eigenvalue weighted by Crippen LogP contribution is 2.30. The van der Waals surface area contributed by atoms with Crippen molar-refractivity contribution in [2.75, 3.05) is 14.2 Å². The lowest BCUT2D eigenvalue weighted by atomic mass is 9.87. The molecular formula is C14H21ClN2O3. The van der Waals surface area contributed by atoms with Gasteiger partial charge in [0.2, 0.25) is 5.76 Å². The second-order valence-electron chi connectivity index (χ2n) is 5.59. The Morgan fingerprint density at radius 3 is 2.40 bits per heavy atom. The van der Waals surface area contributed by atoms with E-state index in [4.69, 9.17) is 16.3 Å². The van der Waals surface area contributed by atoms with Crippen molar-refractivity contribution in [3.63, 3.8) is 0 Å². The number of aliphatic hydroxyl groups is 1. The first-order chi connectivity index (χ1) is 9.15. The Hall–Kier alpha value is -1.33. The minimum absolute atomic E-state index is 0.0274. The number of carbonyl (C=O) groups is 1. The van der Waals surface area contributed by atoms with Crippen molar-refractivity contribution < 1.29 is 14.6 Å². The number of amides is 1. The molecule has 0 aromatic rings. The van der Waals surface area contributed by atoms with Gasteiger partial charge in [-0.1, -0.05) is 37.9 Å². The van der Waals surface area contributed by atoms with Crippen molar-refractivity contribution in [2.45, 2.75) is 33.9 Å². The van der Waals surface area contributed by atoms with E-state index in [1.807, 2.05) is 6.92 Å². The molecule has 1 atom stereocenters. The van der Waals surface area contributed by atoms with E-state index in [0.717, 1.165) is 10.5 Å². The van der Waals surface area contributed by atoms with E-state index < -0.39 is 12.1 Å². The number of methoxy groups -OCH3 is 1. The van der Waals surface area contributed by atoms with Gasteiger partial charge in [-0.05, 0) is 18.4 Å². The van der Waals surface area contributed by atoms with Gasteiger partial charge >= 0.3 is 0 Å². The standard InChI is InChI=1S/C14H21ClN2O3/c1-8(14(2,3)4)7-9(16-5)17-12(18)10(15)11(20-6)13(17)19/h7,12,18H,1-6H3/b8-7+,16-9+. The van der Waals surface area contributed by atoms with Crippen molar-refractivity contribution in [1.29, 1.82) is 0 Å². The maximum Gasteiger partial charge on any atom is 0.298 e. The van der Waals surface area contributed by atoms with E-state index in [9.17, 15) is 9.90 Å². The van der Waals surface area contributed by atoms with Crippen LogP contribution >= 0.6 is 11.6 Å². The van der Waals surface area contributed by atoms with E-state index in [0.29, 0.717) is 5.84 Å². The van der Waals surface area contributed by atoms with Gasteiger partial charge in [-0.2, -0.15) is 0 Å². The molecule has 0 bridgehead atoms. The van der Waals surface area contributed by atoms with Crippen molar-refractivity contribution in [3.05, 3.63) is 22.4 Å². The molecule has 112 valence electrons. The zero-order valence-corrected chi connectivity index (χ0v) is 13.4. The summed E-state index contributed by atoms with van der Waals surface area (Å²) in [6.45, 7) is 8.12. The van der Waals surface area contributed by atoms with Gasteiger partial charge in [-0.25, -0.2) is 0 Å². The van der Waals surface area contributed by atoms with Crippen LogP contribution in [-0.2, 0) is 9.53 Å². The number of allylic oxidation sites excluding steroid dienone is 1. The van der Waals surface area contributed by atoms with E-state index in [1.165, 1.54) is 7.11 Å². The smallest absolute Gasteiger partial charge is 0.298 e. The second kappa shape index (κ2) is 5.97. The van der Waals surface area contributed by atoms with Crippen molar-refractivity contribution in [3.8, 4) is 0 Å². The van der Waals surface area contributed by atoms with Gasteiger partial charge in [0.05, 0.1) is 7.11 Å². The van der Waals surface area contributed by atoms with Crippen molar-refractivity contribution in [1.82, 2.24) is 4.90 Å². The minimum atomic E-state index is -1.26. The molecule has 0 saturated carbocycles. The molecule has 0 aliphatic carbocycles. The number of amidine groups is 1. The first-order valence-electron chi connectivity index (χ1n) is 6.26. The van der Waals surface area contributed by atoms with Crippen LogP contribution in [0.1, 0.15) is 27.7 Å². The van der Waals surface area contributed by atoms with Crippen LogP contribution in [0.5, 0.6) is 0 Å². The van der Waals surface area contributed by atoms with E-state index in [-0.39, 0.29) is 16.2 Å². The monoisotopic (exact) mass is 300 g/mol. The molecule has 1 aliphatic heterocycles. The van der Waals surface area contributed by atoms with Crippen LogP contribution < -0.4 is 0 Å². The van der Waals surface area contributed by atoms with Crippen molar-refractivity contribution >= 4 is 23.3 Å². The molecule has 1 unspecified atom stereocenters. The van der Waals surface area contributed by atoms with Crippen LogP contribution in [-0.4, -0.2) is 42.1 Å². The van der Waals surface area contributed by atoms with E-state index >= 15 is 0 Å². The number of aliphatic hydroxyl groups excluding tert-OH is 1. The lowest BCUT2D eigenvalue weighted by Gasteiger charge is -2.24. The van der Waals surface area contributed by atoms with E-state index in [1.54, 1.807) is 13.1 Å². The lowest BCUT2D eigenvalue weighted by molar-refractivity contribution is -0.128. The fourth-order valence-electron chi connectivity index (χ4n) is 1.62. The summed E-state index contributed by atoms with van der Waals surface area (Å²) in [4.78, 5) is 17.4. The van der Waals surface area contributed by atoms with E-state index in [2.05, 4.69) is 25.8 Å². The third kappa shape index (κ3) is 3.04. The lowest BCUT2D eigenvalue weighted by Crippen LogP contribution is -2.40. The molecule has 0 fully saturated rings. The molecule has 0 aromatic carbocycles. The summed E-state index contributed by atoms with van der Waals surface area (Å²) in [6.07, 6.45) is 0.506.